The van der Waals surface area contributed by atoms with Gasteiger partial charge in [0.1, 0.15) is 42.3 Å². The molecule has 0 heterocycles. The molecule has 0 amide bonds. The van der Waals surface area contributed by atoms with Gasteiger partial charge >= 0.3 is 122 Å². The number of carbonyl (C=O) groups excluding carboxylic acids is 3. The Balaban J connectivity index is 0.000000254. The summed E-state index contributed by atoms with van der Waals surface area (Å²) < 4.78 is 60.9. The van der Waals surface area contributed by atoms with Crippen LogP contribution >= 0.6 is 23.5 Å². The van der Waals surface area contributed by atoms with E-state index >= 15 is 0 Å². The van der Waals surface area contributed by atoms with Crippen molar-refractivity contribution in [3.63, 3.8) is 0 Å². The SMILES string of the molecule is CCCC(=O)Oc1ccc2ccccc2c1.CCCC(=O)Oc1cccc2ccccc12.CCCCCCCC(=O)Oc1cccc2ccccc12.O=P(O)(O)Oc1ccc2ccccc2c1.O=P([O-])(O)Oc1ccc2ccccc2c1.O=P([O-])([O-])Oc1cccc2ccccc12.[Na+].[Na+].[Na+]. The van der Waals surface area contributed by atoms with Gasteiger partial charge < -0.3 is 51.9 Å². The third-order valence-electron chi connectivity index (χ3n) is 14.1. The molecule has 1 atom stereocenters. The first-order valence-electron chi connectivity index (χ1n) is 31.3. The second kappa shape index (κ2) is 44.1. The van der Waals surface area contributed by atoms with Crippen LogP contribution in [0.25, 0.3) is 64.6 Å². The first kappa shape index (κ1) is 85.9. The Bertz CT molecular complexity index is 4590. The largest absolute Gasteiger partial charge is 1.00 e. The normalized spacial score (nSPS) is 11.1. The van der Waals surface area contributed by atoms with E-state index < -0.39 is 23.5 Å². The van der Waals surface area contributed by atoms with Crippen LogP contribution < -0.4 is 131 Å². The Morgan fingerprint density at radius 1 is 0.320 bits per heavy atom. The molecule has 0 aliphatic heterocycles. The zero-order valence-electron chi connectivity index (χ0n) is 56.6. The van der Waals surface area contributed by atoms with Crippen LogP contribution in [0.15, 0.2) is 255 Å². The second-order valence-corrected chi connectivity index (χ2v) is 25.1. The van der Waals surface area contributed by atoms with Crippen molar-refractivity contribution in [2.75, 3.05) is 0 Å². The summed E-state index contributed by atoms with van der Waals surface area (Å²) in [6.45, 7) is 6.11. The van der Waals surface area contributed by atoms with Crippen LogP contribution in [0.4, 0.5) is 0 Å². The molecule has 12 rings (SSSR count). The zero-order valence-corrected chi connectivity index (χ0v) is 65.3. The molecule has 18 nitrogen and oxygen atoms in total. The summed E-state index contributed by atoms with van der Waals surface area (Å²) in [4.78, 5) is 91.9. The number of phosphoric acid groups is 3. The van der Waals surface area contributed by atoms with Crippen molar-refractivity contribution in [1.82, 2.24) is 0 Å². The van der Waals surface area contributed by atoms with Gasteiger partial charge in [0, 0.05) is 35.4 Å². The van der Waals surface area contributed by atoms with Gasteiger partial charge in [0.15, 0.2) is 0 Å². The molecule has 0 radical (unpaired) electrons. The molecule has 0 aromatic heterocycles. The van der Waals surface area contributed by atoms with Gasteiger partial charge in [-0.1, -0.05) is 247 Å². The van der Waals surface area contributed by atoms with Gasteiger partial charge in [-0.15, -0.1) is 0 Å². The molecule has 0 aliphatic rings. The minimum Gasteiger partial charge on any atom is -0.780 e. The number of ether oxygens (including phenoxy) is 3. The maximum atomic E-state index is 11.9. The third kappa shape index (κ3) is 30.6. The molecule has 1 unspecified atom stereocenters. The average Bonchev–Trinajstić information content (AvgIpc) is 0.979. The van der Waals surface area contributed by atoms with Crippen molar-refractivity contribution >= 4 is 106 Å². The van der Waals surface area contributed by atoms with Crippen molar-refractivity contribution in [3.8, 4) is 34.5 Å². The van der Waals surface area contributed by atoms with E-state index in [0.717, 1.165) is 84.9 Å². The number of fused-ring (bicyclic) bond motifs is 6. The Kier molecular flexibility index (Phi) is 37.9. The maximum absolute atomic E-state index is 11.9. The van der Waals surface area contributed by atoms with Gasteiger partial charge in [0.2, 0.25) is 0 Å². The van der Waals surface area contributed by atoms with Crippen LogP contribution in [0.5, 0.6) is 34.5 Å². The minimum absolute atomic E-state index is 0. The summed E-state index contributed by atoms with van der Waals surface area (Å²) in [5.74, 6) is 1.82. The van der Waals surface area contributed by atoms with Gasteiger partial charge in [0.25, 0.3) is 0 Å². The number of hydrogen-bond acceptors (Lipinski definition) is 15. The van der Waals surface area contributed by atoms with E-state index in [1.807, 2.05) is 208 Å². The second-order valence-electron chi connectivity index (χ2n) is 21.7. The fourth-order valence-corrected chi connectivity index (χ4v) is 10.9. The van der Waals surface area contributed by atoms with Crippen LogP contribution in [0.2, 0.25) is 0 Å². The predicted octanol–water partition coefficient (Wildman–Crippen LogP) is 8.25. The maximum Gasteiger partial charge on any atom is 1.00 e. The summed E-state index contributed by atoms with van der Waals surface area (Å²) in [6, 6.07) is 77.6. The molecule has 0 saturated heterocycles. The van der Waals surface area contributed by atoms with E-state index in [1.165, 1.54) is 37.5 Å². The Labute approximate surface area is 647 Å². The fraction of sp³-hybridized carbons (Fsp3) is 0.171. The van der Waals surface area contributed by atoms with Crippen LogP contribution in [-0.2, 0) is 28.1 Å². The van der Waals surface area contributed by atoms with Gasteiger partial charge in [-0.05, 0) is 122 Å². The topological polar surface area (TPSA) is 288 Å². The van der Waals surface area contributed by atoms with E-state index in [-0.39, 0.29) is 124 Å². The van der Waals surface area contributed by atoms with Gasteiger partial charge in [0.05, 0.1) is 0 Å². The molecule has 12 aromatic carbocycles. The molecular formula is C76H74Na3O18P3. The minimum atomic E-state index is -4.99. The molecule has 100 heavy (non-hydrogen) atoms. The standard InChI is InChI=1S/C18H22O2.2C14H14O2.3C10H9O4P.3Na/c1-2-3-4-5-6-14-18(19)20-17-13-9-11-15-10-7-8-12-16(15)17;1-2-6-14(15)16-13-10-5-8-11-7-3-4-9-12(11)13;1-2-5-14(15)16-13-9-8-11-6-3-4-7-12(11)10-13;11-15(12,13)14-10-7-3-5-8-4-1-2-6-9(8)10;2*11-15(12,13)14-10-6-5-8-3-1-2-4-9(8)7-10;;;/h7-13H,2-6,14H2,1H3;3-5,7-10H,2,6H2,1H3;3-4,6-10H,2,5H2,1H3;3*1-7H,(H2,11,12,13);;;/q;;;;;;3*+1/p-3. The molecule has 12 aromatic rings. The number of esters is 3. The summed E-state index contributed by atoms with van der Waals surface area (Å²) in [5, 5.41) is 11.5. The van der Waals surface area contributed by atoms with Gasteiger partial charge in [-0.2, -0.15) is 0 Å². The first-order chi connectivity index (χ1) is 46.6. The van der Waals surface area contributed by atoms with Crippen LogP contribution in [0.1, 0.15) is 85.0 Å². The molecular weight excluding hydrogens is 1360 g/mol. The molecule has 0 fully saturated rings. The van der Waals surface area contributed by atoms with Crippen LogP contribution in [0.3, 0.4) is 0 Å². The summed E-state index contributed by atoms with van der Waals surface area (Å²) >= 11 is 0. The predicted molar refractivity (Wildman–Crippen MR) is 375 cm³/mol. The summed E-state index contributed by atoms with van der Waals surface area (Å²) in [5.41, 5.74) is 0. The summed E-state index contributed by atoms with van der Waals surface area (Å²) in [7, 11) is -14.2. The van der Waals surface area contributed by atoms with E-state index in [9.17, 15) is 42.8 Å². The third-order valence-corrected chi connectivity index (χ3v) is 15.4. The molecule has 504 valence electrons. The number of carbonyl (C=O) groups is 3. The first-order valence-corrected chi connectivity index (χ1v) is 35.8. The Morgan fingerprint density at radius 2 is 0.640 bits per heavy atom. The molecule has 0 spiro atoms. The molecule has 24 heteroatoms. The molecule has 0 saturated carbocycles. The Morgan fingerprint density at radius 3 is 1.03 bits per heavy atom. The monoisotopic (exact) mass is 1440 g/mol. The number of hydrogen-bond donors (Lipinski definition) is 3. The van der Waals surface area contributed by atoms with E-state index in [4.69, 9.17) is 28.9 Å². The quantitative estimate of drug-likeness (QED) is 0.0226. The van der Waals surface area contributed by atoms with Crippen molar-refractivity contribution < 1.29 is 174 Å². The van der Waals surface area contributed by atoms with Gasteiger partial charge in [-0.25, -0.2) is 4.57 Å². The summed E-state index contributed by atoms with van der Waals surface area (Å²) in [6.07, 6.45) is 8.76. The van der Waals surface area contributed by atoms with Crippen molar-refractivity contribution in [2.45, 2.75) is 85.0 Å². The Hall–Kier alpha value is -6.54. The van der Waals surface area contributed by atoms with Crippen molar-refractivity contribution in [2.24, 2.45) is 0 Å². The van der Waals surface area contributed by atoms with Crippen LogP contribution in [0, 0.1) is 0 Å². The molecule has 0 bridgehead atoms. The average molecular weight is 1440 g/mol. The van der Waals surface area contributed by atoms with E-state index in [2.05, 4.69) is 20.5 Å². The van der Waals surface area contributed by atoms with Crippen molar-refractivity contribution in [1.29, 1.82) is 0 Å². The van der Waals surface area contributed by atoms with Gasteiger partial charge in [-0.3, -0.25) is 28.7 Å². The molecule has 0 aliphatic carbocycles. The van der Waals surface area contributed by atoms with Crippen LogP contribution in [-0.4, -0.2) is 32.6 Å². The van der Waals surface area contributed by atoms with Crippen molar-refractivity contribution in [3.05, 3.63) is 255 Å². The zero-order chi connectivity index (χ0) is 69.6. The number of unbranched alkanes of at least 4 members (excludes halogenated alkanes) is 4. The fourth-order valence-electron chi connectivity index (χ4n) is 9.73. The number of rotatable bonds is 19. The molecule has 3 N–H and O–H groups in total. The number of benzene rings is 12. The van der Waals surface area contributed by atoms with E-state index in [1.54, 1.807) is 42.5 Å². The smallest absolute Gasteiger partial charge is 0.780 e. The van der Waals surface area contributed by atoms with E-state index in [0.29, 0.717) is 41.9 Å². The number of phosphoric ester groups is 3.